The standard InChI is InChI=1S/C19H26F3N3O2/c1-14-3-4-16(17(11-14)27-13-19(20,21)22)12-25-18(23-2)24-8-5-15-6-9-26-10-7-15/h3-4,6,11H,5,7-10,12-13H2,1-2H3,(H2,23,24,25). The molecule has 0 aromatic heterocycles. The van der Waals surface area contributed by atoms with Crippen LogP contribution >= 0.6 is 0 Å². The van der Waals surface area contributed by atoms with Gasteiger partial charge in [-0.05, 0) is 31.4 Å². The maximum absolute atomic E-state index is 12.5. The molecule has 8 heteroatoms. The summed E-state index contributed by atoms with van der Waals surface area (Å²) >= 11 is 0. The van der Waals surface area contributed by atoms with E-state index in [0.29, 0.717) is 24.7 Å². The summed E-state index contributed by atoms with van der Waals surface area (Å²) in [5.74, 6) is 0.813. The highest BCUT2D eigenvalue weighted by molar-refractivity contribution is 5.79. The van der Waals surface area contributed by atoms with E-state index in [2.05, 4.69) is 21.7 Å². The summed E-state index contributed by atoms with van der Waals surface area (Å²) in [7, 11) is 1.65. The van der Waals surface area contributed by atoms with Crippen LogP contribution in [0.1, 0.15) is 24.0 Å². The molecule has 1 aromatic rings. The van der Waals surface area contributed by atoms with Gasteiger partial charge in [0.2, 0.25) is 0 Å². The number of halogens is 3. The van der Waals surface area contributed by atoms with Crippen LogP contribution in [0.3, 0.4) is 0 Å². The van der Waals surface area contributed by atoms with Gasteiger partial charge in [0.05, 0.1) is 13.2 Å². The van der Waals surface area contributed by atoms with Crippen molar-refractivity contribution in [2.75, 3.05) is 33.4 Å². The van der Waals surface area contributed by atoms with Gasteiger partial charge in [-0.15, -0.1) is 0 Å². The quantitative estimate of drug-likeness (QED) is 0.429. The van der Waals surface area contributed by atoms with Gasteiger partial charge in [-0.1, -0.05) is 23.8 Å². The summed E-state index contributed by atoms with van der Waals surface area (Å²) in [6, 6.07) is 5.20. The van der Waals surface area contributed by atoms with E-state index >= 15 is 0 Å². The fraction of sp³-hybridized carbons (Fsp3) is 0.526. The van der Waals surface area contributed by atoms with Crippen LogP contribution in [0, 0.1) is 6.92 Å². The molecule has 1 aromatic carbocycles. The number of aliphatic imine (C=N–C) groups is 1. The Morgan fingerprint density at radius 2 is 2.11 bits per heavy atom. The van der Waals surface area contributed by atoms with Crippen molar-refractivity contribution in [2.24, 2.45) is 4.99 Å². The third kappa shape index (κ3) is 7.90. The Bertz CT molecular complexity index is 673. The maximum atomic E-state index is 12.5. The molecule has 0 atom stereocenters. The molecule has 1 aliphatic heterocycles. The Balaban J connectivity index is 1.86. The van der Waals surface area contributed by atoms with Gasteiger partial charge < -0.3 is 20.1 Å². The van der Waals surface area contributed by atoms with Crippen LogP contribution in [-0.4, -0.2) is 45.5 Å². The second-order valence-corrected chi connectivity index (χ2v) is 6.30. The van der Waals surface area contributed by atoms with Crippen molar-refractivity contribution in [3.05, 3.63) is 41.0 Å². The van der Waals surface area contributed by atoms with Gasteiger partial charge in [-0.2, -0.15) is 13.2 Å². The Morgan fingerprint density at radius 1 is 1.30 bits per heavy atom. The summed E-state index contributed by atoms with van der Waals surface area (Å²) in [6.07, 6.45) is -0.436. The first-order chi connectivity index (χ1) is 12.9. The number of guanidine groups is 1. The lowest BCUT2D eigenvalue weighted by Crippen LogP contribution is -2.37. The second kappa shape index (κ2) is 10.2. The van der Waals surface area contributed by atoms with E-state index < -0.39 is 12.8 Å². The molecule has 1 heterocycles. The highest BCUT2D eigenvalue weighted by Gasteiger charge is 2.28. The molecular weight excluding hydrogens is 359 g/mol. The highest BCUT2D eigenvalue weighted by Crippen LogP contribution is 2.23. The first kappa shape index (κ1) is 21.1. The molecule has 0 aliphatic carbocycles. The van der Waals surface area contributed by atoms with Gasteiger partial charge in [0.15, 0.2) is 12.6 Å². The fourth-order valence-electron chi connectivity index (χ4n) is 2.64. The zero-order valence-corrected chi connectivity index (χ0v) is 15.7. The minimum absolute atomic E-state index is 0.225. The molecule has 0 saturated carbocycles. The number of hydrogen-bond acceptors (Lipinski definition) is 3. The minimum Gasteiger partial charge on any atom is -0.484 e. The van der Waals surface area contributed by atoms with E-state index in [1.807, 2.05) is 13.0 Å². The Hall–Kier alpha value is -2.22. The Labute approximate surface area is 157 Å². The highest BCUT2D eigenvalue weighted by atomic mass is 19.4. The van der Waals surface area contributed by atoms with E-state index in [4.69, 9.17) is 9.47 Å². The van der Waals surface area contributed by atoms with Crippen molar-refractivity contribution in [1.82, 2.24) is 10.6 Å². The molecule has 2 rings (SSSR count). The molecule has 27 heavy (non-hydrogen) atoms. The number of alkyl halides is 3. The van der Waals surface area contributed by atoms with Crippen molar-refractivity contribution in [1.29, 1.82) is 0 Å². The summed E-state index contributed by atoms with van der Waals surface area (Å²) in [5, 5.41) is 6.32. The number of hydrogen-bond donors (Lipinski definition) is 2. The predicted octanol–water partition coefficient (Wildman–Crippen LogP) is 3.34. The normalized spacial score (nSPS) is 15.3. The average molecular weight is 385 g/mol. The zero-order chi connectivity index (χ0) is 19.7. The fourth-order valence-corrected chi connectivity index (χ4v) is 2.64. The van der Waals surface area contributed by atoms with Crippen LogP contribution in [0.4, 0.5) is 13.2 Å². The largest absolute Gasteiger partial charge is 0.484 e. The summed E-state index contributed by atoms with van der Waals surface area (Å²) in [5.41, 5.74) is 2.83. The number of ether oxygens (including phenoxy) is 2. The average Bonchev–Trinajstić information content (AvgIpc) is 2.64. The topological polar surface area (TPSA) is 54.9 Å². The Morgan fingerprint density at radius 3 is 2.78 bits per heavy atom. The van der Waals surface area contributed by atoms with Gasteiger partial charge in [-0.25, -0.2) is 0 Å². The predicted molar refractivity (Wildman–Crippen MR) is 99.1 cm³/mol. The van der Waals surface area contributed by atoms with Crippen molar-refractivity contribution >= 4 is 5.96 Å². The van der Waals surface area contributed by atoms with Crippen molar-refractivity contribution in [3.8, 4) is 5.75 Å². The van der Waals surface area contributed by atoms with Crippen LogP contribution < -0.4 is 15.4 Å². The molecule has 0 amide bonds. The number of benzene rings is 1. The van der Waals surface area contributed by atoms with E-state index in [1.165, 1.54) is 5.57 Å². The van der Waals surface area contributed by atoms with Gasteiger partial charge in [0, 0.05) is 25.7 Å². The third-order valence-electron chi connectivity index (χ3n) is 4.08. The van der Waals surface area contributed by atoms with Crippen LogP contribution in [-0.2, 0) is 11.3 Å². The molecule has 0 radical (unpaired) electrons. The van der Waals surface area contributed by atoms with Crippen molar-refractivity contribution in [3.63, 3.8) is 0 Å². The molecule has 0 unspecified atom stereocenters. The number of rotatable bonds is 7. The lowest BCUT2D eigenvalue weighted by atomic mass is 10.1. The van der Waals surface area contributed by atoms with E-state index in [0.717, 1.165) is 31.6 Å². The lowest BCUT2D eigenvalue weighted by Gasteiger charge is -2.17. The summed E-state index contributed by atoms with van der Waals surface area (Å²) in [4.78, 5) is 4.15. The van der Waals surface area contributed by atoms with Gasteiger partial charge in [0.1, 0.15) is 5.75 Å². The number of aryl methyl sites for hydroxylation is 1. The number of nitrogens with zero attached hydrogens (tertiary/aromatic N) is 1. The SMILES string of the molecule is CN=C(NCCC1=CCOCC1)NCc1ccc(C)cc1OCC(F)(F)F. The molecule has 0 saturated heterocycles. The van der Waals surface area contributed by atoms with Crippen LogP contribution in [0.25, 0.3) is 0 Å². The van der Waals surface area contributed by atoms with Gasteiger partial charge in [0.25, 0.3) is 0 Å². The molecule has 150 valence electrons. The van der Waals surface area contributed by atoms with Crippen LogP contribution in [0.5, 0.6) is 5.75 Å². The number of nitrogens with one attached hydrogen (secondary N) is 2. The van der Waals surface area contributed by atoms with Gasteiger partial charge in [-0.3, -0.25) is 4.99 Å². The molecule has 0 fully saturated rings. The minimum atomic E-state index is -4.37. The first-order valence-corrected chi connectivity index (χ1v) is 8.86. The van der Waals surface area contributed by atoms with E-state index in [1.54, 1.807) is 19.2 Å². The van der Waals surface area contributed by atoms with E-state index in [-0.39, 0.29) is 5.75 Å². The van der Waals surface area contributed by atoms with Crippen LogP contribution in [0.2, 0.25) is 0 Å². The lowest BCUT2D eigenvalue weighted by molar-refractivity contribution is -0.153. The molecule has 5 nitrogen and oxygen atoms in total. The molecule has 1 aliphatic rings. The molecular formula is C19H26F3N3O2. The van der Waals surface area contributed by atoms with Crippen molar-refractivity contribution in [2.45, 2.75) is 32.5 Å². The van der Waals surface area contributed by atoms with E-state index in [9.17, 15) is 13.2 Å². The molecule has 2 N–H and O–H groups in total. The monoisotopic (exact) mass is 385 g/mol. The zero-order valence-electron chi connectivity index (χ0n) is 15.7. The molecule has 0 spiro atoms. The van der Waals surface area contributed by atoms with Gasteiger partial charge >= 0.3 is 6.18 Å². The van der Waals surface area contributed by atoms with Crippen molar-refractivity contribution < 1.29 is 22.6 Å². The summed E-state index contributed by atoms with van der Waals surface area (Å²) < 4.78 is 47.6. The molecule has 0 bridgehead atoms. The summed E-state index contributed by atoms with van der Waals surface area (Å²) in [6.45, 7) is 2.95. The van der Waals surface area contributed by atoms with Crippen LogP contribution in [0.15, 0.2) is 34.8 Å². The first-order valence-electron chi connectivity index (χ1n) is 8.86. The second-order valence-electron chi connectivity index (χ2n) is 6.30. The maximum Gasteiger partial charge on any atom is 0.422 e. The Kier molecular flexibility index (Phi) is 7.97. The smallest absolute Gasteiger partial charge is 0.422 e. The third-order valence-corrected chi connectivity index (χ3v) is 4.08.